The third-order valence-electron chi connectivity index (χ3n) is 5.46. The summed E-state index contributed by atoms with van der Waals surface area (Å²) in [6.07, 6.45) is 11.3. The van der Waals surface area contributed by atoms with Gasteiger partial charge in [-0.15, -0.1) is 0 Å². The zero-order valence-electron chi connectivity index (χ0n) is 22.6. The molecular weight excluding hydrogens is 492 g/mol. The van der Waals surface area contributed by atoms with Gasteiger partial charge < -0.3 is 20.0 Å². The van der Waals surface area contributed by atoms with Gasteiger partial charge in [-0.3, -0.25) is 4.79 Å². The van der Waals surface area contributed by atoms with Gasteiger partial charge >= 0.3 is 0 Å². The Morgan fingerprint density at radius 2 is 1.21 bits per heavy atom. The Kier molecular flexibility index (Phi) is 14.1. The first kappa shape index (κ1) is 30.8. The number of hydrogen-bond donors (Lipinski definition) is 2. The van der Waals surface area contributed by atoms with Crippen LogP contribution in [0.5, 0.6) is 0 Å². The van der Waals surface area contributed by atoms with Crippen molar-refractivity contribution >= 4 is 29.8 Å². The number of anilines is 2. The van der Waals surface area contributed by atoms with Gasteiger partial charge in [0.1, 0.15) is 18.9 Å². The number of rotatable bonds is 9. The highest BCUT2D eigenvalue weighted by Crippen LogP contribution is 2.15. The summed E-state index contributed by atoms with van der Waals surface area (Å²) >= 11 is 0. The van der Waals surface area contributed by atoms with Gasteiger partial charge in [0, 0.05) is 62.2 Å². The lowest BCUT2D eigenvalue weighted by Gasteiger charge is -2.17. The molecule has 0 atom stereocenters. The molecular formula is C30H36N6O3. The zero-order chi connectivity index (χ0) is 28.3. The van der Waals surface area contributed by atoms with Crippen molar-refractivity contribution in [2.45, 2.75) is 6.92 Å². The lowest BCUT2D eigenvalue weighted by atomic mass is 10.1. The van der Waals surface area contributed by atoms with Crippen molar-refractivity contribution in [3.63, 3.8) is 0 Å². The van der Waals surface area contributed by atoms with Crippen molar-refractivity contribution in [1.29, 1.82) is 0 Å². The minimum absolute atomic E-state index is 0.131. The number of aldehydes is 1. The third-order valence-corrected chi connectivity index (χ3v) is 5.46. The largest absolute Gasteiger partial charge is 0.395 e. The monoisotopic (exact) mass is 528 g/mol. The molecule has 0 amide bonds. The molecule has 0 bridgehead atoms. The van der Waals surface area contributed by atoms with Crippen LogP contribution in [0.15, 0.2) is 85.7 Å². The quantitative estimate of drug-likeness (QED) is 0.313. The van der Waals surface area contributed by atoms with E-state index in [1.165, 1.54) is 12.7 Å². The topological polar surface area (TPSA) is 116 Å². The smallest absolute Gasteiger partial charge is 0.150 e. The van der Waals surface area contributed by atoms with Crippen LogP contribution in [0.25, 0.3) is 12.2 Å². The van der Waals surface area contributed by atoms with Gasteiger partial charge in [-0.1, -0.05) is 18.2 Å². The number of carbonyl (C=O) groups excluding carboxylic acids is 1. The fraction of sp³-hybridized carbons (Fsp3) is 0.233. The summed E-state index contributed by atoms with van der Waals surface area (Å²) in [5.74, 6) is 0. The number of aliphatic hydroxyl groups excluding tert-OH is 2. The zero-order valence-corrected chi connectivity index (χ0v) is 22.6. The van der Waals surface area contributed by atoms with Crippen LogP contribution >= 0.6 is 0 Å². The van der Waals surface area contributed by atoms with Crippen LogP contribution in [0.1, 0.15) is 27.3 Å². The molecule has 2 aromatic carbocycles. The van der Waals surface area contributed by atoms with Crippen LogP contribution in [0.2, 0.25) is 0 Å². The molecule has 9 heteroatoms. The Hall–Kier alpha value is -4.47. The number of aromatic nitrogens is 4. The number of aryl methyl sites for hydroxylation is 1. The van der Waals surface area contributed by atoms with E-state index in [1.54, 1.807) is 24.5 Å². The predicted molar refractivity (Wildman–Crippen MR) is 157 cm³/mol. The van der Waals surface area contributed by atoms with E-state index in [2.05, 4.69) is 19.9 Å². The van der Waals surface area contributed by atoms with Crippen molar-refractivity contribution in [3.8, 4) is 0 Å². The van der Waals surface area contributed by atoms with Crippen molar-refractivity contribution in [2.24, 2.45) is 0 Å². The molecule has 0 saturated heterocycles. The molecule has 0 aliphatic rings. The summed E-state index contributed by atoms with van der Waals surface area (Å²) in [7, 11) is 3.86. The summed E-state index contributed by atoms with van der Waals surface area (Å²) in [6, 6.07) is 19.1. The fourth-order valence-electron chi connectivity index (χ4n) is 3.14. The van der Waals surface area contributed by atoms with Gasteiger partial charge in [-0.25, -0.2) is 19.9 Å². The lowest BCUT2D eigenvalue weighted by Crippen LogP contribution is -2.20. The Labute approximate surface area is 230 Å². The molecule has 2 aromatic heterocycles. The maximum Gasteiger partial charge on any atom is 0.150 e. The van der Waals surface area contributed by atoms with Gasteiger partial charge in [-0.05, 0) is 67.1 Å². The minimum Gasteiger partial charge on any atom is -0.395 e. The first-order valence-corrected chi connectivity index (χ1v) is 12.4. The van der Waals surface area contributed by atoms with Gasteiger partial charge in [0.2, 0.25) is 0 Å². The Morgan fingerprint density at radius 1 is 0.692 bits per heavy atom. The van der Waals surface area contributed by atoms with Crippen LogP contribution in [-0.4, -0.2) is 76.8 Å². The van der Waals surface area contributed by atoms with E-state index >= 15 is 0 Å². The van der Waals surface area contributed by atoms with E-state index in [9.17, 15) is 4.79 Å². The van der Waals surface area contributed by atoms with Crippen LogP contribution in [0, 0.1) is 6.92 Å². The maximum absolute atomic E-state index is 10.4. The highest BCUT2D eigenvalue weighted by molar-refractivity contribution is 5.75. The SMILES string of the molecule is CN(CCO)c1ccc(/C=C/c2ccncn2)cc1.CN(CCO)c1ccc(C=O)cc1.Cc1ccncn1. The molecule has 0 unspecified atom stereocenters. The number of likely N-dealkylation sites (N-methyl/N-ethyl adjacent to an activating group) is 2. The van der Waals surface area contributed by atoms with E-state index in [0.717, 1.165) is 34.6 Å². The van der Waals surface area contributed by atoms with Gasteiger partial charge in [0.25, 0.3) is 0 Å². The molecule has 4 aromatic rings. The molecule has 39 heavy (non-hydrogen) atoms. The molecule has 0 aliphatic heterocycles. The molecule has 204 valence electrons. The summed E-state index contributed by atoms with van der Waals surface area (Å²) in [5, 5.41) is 17.6. The first-order valence-electron chi connectivity index (χ1n) is 12.4. The van der Waals surface area contributed by atoms with Crippen molar-refractivity contribution in [1.82, 2.24) is 19.9 Å². The van der Waals surface area contributed by atoms with E-state index < -0.39 is 0 Å². The number of nitrogens with zero attached hydrogens (tertiary/aromatic N) is 6. The molecule has 0 spiro atoms. The first-order chi connectivity index (χ1) is 19.0. The van der Waals surface area contributed by atoms with Crippen LogP contribution in [0.3, 0.4) is 0 Å². The standard InChI is InChI=1S/C15H17N3O.C10H13NO2.C5H6N2/c1-18(10-11-19)15-6-3-13(4-7-15)2-5-14-8-9-16-12-17-14;1-11(6-7-12)10-4-2-9(8-13)3-5-10;1-5-2-3-6-4-7-5/h2-9,12,19H,10-11H2,1H3;2-5,8,12H,6-7H2,1H3;2-4H,1H3/b5-2+;;. The second kappa shape index (κ2) is 17.9. The minimum atomic E-state index is 0.131. The average molecular weight is 529 g/mol. The third kappa shape index (κ3) is 12.1. The molecule has 4 rings (SSSR count). The van der Waals surface area contributed by atoms with Crippen LogP contribution in [-0.2, 0) is 0 Å². The van der Waals surface area contributed by atoms with E-state index in [0.29, 0.717) is 18.7 Å². The number of carbonyl (C=O) groups is 1. The number of aliphatic hydroxyl groups is 2. The fourth-order valence-corrected chi connectivity index (χ4v) is 3.14. The maximum atomic E-state index is 10.4. The summed E-state index contributed by atoms with van der Waals surface area (Å²) in [6.45, 7) is 3.45. The highest BCUT2D eigenvalue weighted by atomic mass is 16.3. The summed E-state index contributed by atoms with van der Waals surface area (Å²) < 4.78 is 0. The molecule has 9 nitrogen and oxygen atoms in total. The number of hydrogen-bond acceptors (Lipinski definition) is 9. The van der Waals surface area contributed by atoms with Gasteiger partial charge in [0.15, 0.2) is 0 Å². The van der Waals surface area contributed by atoms with Gasteiger partial charge in [-0.2, -0.15) is 0 Å². The summed E-state index contributed by atoms with van der Waals surface area (Å²) in [5.41, 5.74) is 5.76. The van der Waals surface area contributed by atoms with Crippen LogP contribution < -0.4 is 9.80 Å². The van der Waals surface area contributed by atoms with E-state index in [4.69, 9.17) is 10.2 Å². The lowest BCUT2D eigenvalue weighted by molar-refractivity contribution is 0.112. The molecule has 0 saturated carbocycles. The Morgan fingerprint density at radius 3 is 1.59 bits per heavy atom. The van der Waals surface area contributed by atoms with Gasteiger partial charge in [0.05, 0.1) is 18.9 Å². The normalized spacial score (nSPS) is 10.1. The van der Waals surface area contributed by atoms with Crippen molar-refractivity contribution in [3.05, 3.63) is 108 Å². The average Bonchev–Trinajstić information content (AvgIpc) is 2.98. The molecule has 0 aliphatic carbocycles. The van der Waals surface area contributed by atoms with E-state index in [1.807, 2.05) is 91.5 Å². The highest BCUT2D eigenvalue weighted by Gasteiger charge is 1.99. The second-order valence-electron chi connectivity index (χ2n) is 8.41. The molecule has 0 radical (unpaired) electrons. The molecule has 2 N–H and O–H groups in total. The van der Waals surface area contributed by atoms with Crippen LogP contribution in [0.4, 0.5) is 11.4 Å². The Bertz CT molecular complexity index is 1220. The van der Waals surface area contributed by atoms with Crippen molar-refractivity contribution in [2.75, 3.05) is 50.2 Å². The molecule has 2 heterocycles. The second-order valence-corrected chi connectivity index (χ2v) is 8.41. The molecule has 0 fully saturated rings. The number of benzene rings is 2. The van der Waals surface area contributed by atoms with E-state index in [-0.39, 0.29) is 13.2 Å². The summed E-state index contributed by atoms with van der Waals surface area (Å²) in [4.78, 5) is 29.9. The predicted octanol–water partition coefficient (Wildman–Crippen LogP) is 3.79. The Balaban J connectivity index is 0.000000229. The van der Waals surface area contributed by atoms with Crippen molar-refractivity contribution < 1.29 is 15.0 Å².